The highest BCUT2D eigenvalue weighted by molar-refractivity contribution is 7.62. The van der Waals surface area contributed by atoms with Gasteiger partial charge in [0.05, 0.1) is 6.61 Å². The molecular weight excluding hydrogens is 657 g/mol. The van der Waals surface area contributed by atoms with Crippen molar-refractivity contribution < 1.29 is 28.4 Å². The first-order valence-electron chi connectivity index (χ1n) is 17.1. The Hall–Kier alpha value is -3.25. The van der Waals surface area contributed by atoms with Crippen molar-refractivity contribution in [3.8, 4) is 0 Å². The number of nitrogens with zero attached hydrogens (tertiary/aromatic N) is 2. The van der Waals surface area contributed by atoms with Gasteiger partial charge in [-0.3, -0.25) is 14.3 Å². The Balaban J connectivity index is 1.58. The van der Waals surface area contributed by atoms with Crippen LogP contribution in [0.25, 0.3) is 0 Å². The van der Waals surface area contributed by atoms with Gasteiger partial charge in [0.15, 0.2) is 5.79 Å². The maximum Gasteiger partial charge on any atom is 0.343 e. The average Bonchev–Trinajstić information content (AvgIpc) is 3.48. The highest BCUT2D eigenvalue weighted by Gasteiger charge is 2.52. The summed E-state index contributed by atoms with van der Waals surface area (Å²) in [6, 6.07) is 20.0. The second-order valence-corrected chi connectivity index (χ2v) is 15.9. The number of H-pyrrole nitrogens is 1. The third-order valence-corrected chi connectivity index (χ3v) is 12.0. The van der Waals surface area contributed by atoms with Crippen molar-refractivity contribution in [3.05, 3.63) is 128 Å². The lowest BCUT2D eigenvalue weighted by molar-refractivity contribution is -0.168. The number of aryl methyl sites for hydroxylation is 1. The van der Waals surface area contributed by atoms with Crippen LogP contribution in [0.15, 0.2) is 100 Å². The standard InChI is InChI=1S/C38H50N3O8P/c1-26(2)41(27(3)4)50(8,44)49-32-23-34(40-24-28(5)35(42)39-36(40)43)48-33(32)25-47-38(29-15-11-9-12-16-29,30-17-13-10-14-18-30)31-19-21-37(45-6,46-7)22-20-31/h9-21,24,26-27,32-34,44H,22-23,25H2,1-8H3/p+1/t32-,33+,34+,50?/m0/s1. The van der Waals surface area contributed by atoms with Crippen molar-refractivity contribution in [3.63, 3.8) is 0 Å². The Morgan fingerprint density at radius 2 is 1.60 bits per heavy atom. The molecule has 1 fully saturated rings. The molecule has 50 heavy (non-hydrogen) atoms. The molecule has 4 atom stereocenters. The molecule has 2 heterocycles. The van der Waals surface area contributed by atoms with E-state index in [1.54, 1.807) is 27.8 Å². The summed E-state index contributed by atoms with van der Waals surface area (Å²) in [6.07, 6.45) is 6.01. The molecular formula is C38H51N3O8P+. The maximum absolute atomic E-state index is 13.0. The number of rotatable bonds is 14. The van der Waals surface area contributed by atoms with Gasteiger partial charge in [0.25, 0.3) is 5.56 Å². The Labute approximate surface area is 295 Å². The molecule has 270 valence electrons. The number of hydrogen-bond acceptors (Lipinski definition) is 9. The molecule has 1 saturated heterocycles. The van der Waals surface area contributed by atoms with E-state index >= 15 is 0 Å². The van der Waals surface area contributed by atoms with Crippen LogP contribution >= 0.6 is 7.87 Å². The molecule has 2 aliphatic rings. The van der Waals surface area contributed by atoms with E-state index in [-0.39, 0.29) is 25.1 Å². The summed E-state index contributed by atoms with van der Waals surface area (Å²) >= 11 is 0. The number of hydrogen-bond donors (Lipinski definition) is 2. The van der Waals surface area contributed by atoms with Gasteiger partial charge in [0.2, 0.25) is 0 Å². The molecule has 2 aromatic carbocycles. The molecule has 3 aromatic rings. The van der Waals surface area contributed by atoms with Crippen molar-refractivity contribution >= 4 is 7.87 Å². The summed E-state index contributed by atoms with van der Waals surface area (Å²) in [5, 5.41) is 0. The lowest BCUT2D eigenvalue weighted by Crippen LogP contribution is -2.42. The molecule has 1 aromatic heterocycles. The molecule has 0 bridgehead atoms. The van der Waals surface area contributed by atoms with Crippen LogP contribution in [0.4, 0.5) is 0 Å². The summed E-state index contributed by atoms with van der Waals surface area (Å²) in [5.74, 6) is -0.903. The monoisotopic (exact) mass is 708 g/mol. The van der Waals surface area contributed by atoms with Crippen LogP contribution in [-0.4, -0.2) is 76.7 Å². The Bertz CT molecular complexity index is 1720. The fraction of sp³-hybridized carbons (Fsp3) is 0.474. The van der Waals surface area contributed by atoms with Crippen molar-refractivity contribution in [2.75, 3.05) is 27.5 Å². The van der Waals surface area contributed by atoms with E-state index in [0.717, 1.165) is 16.7 Å². The third-order valence-electron chi connectivity index (χ3n) is 9.50. The Kier molecular flexibility index (Phi) is 11.8. The van der Waals surface area contributed by atoms with Crippen LogP contribution in [0, 0.1) is 6.92 Å². The molecule has 1 aliphatic heterocycles. The molecule has 0 saturated carbocycles. The minimum Gasteiger partial charge on any atom is -0.358 e. The zero-order valence-corrected chi connectivity index (χ0v) is 31.1. The quantitative estimate of drug-likeness (QED) is 0.157. The molecule has 0 spiro atoms. The molecule has 0 amide bonds. The van der Waals surface area contributed by atoms with Gasteiger partial charge in [0, 0.05) is 50.9 Å². The van der Waals surface area contributed by atoms with Gasteiger partial charge >= 0.3 is 13.6 Å². The molecule has 11 nitrogen and oxygen atoms in total. The van der Waals surface area contributed by atoms with Gasteiger partial charge in [-0.15, -0.1) is 4.67 Å². The molecule has 1 aliphatic carbocycles. The van der Waals surface area contributed by atoms with E-state index in [1.165, 1.54) is 10.8 Å². The summed E-state index contributed by atoms with van der Waals surface area (Å²) in [4.78, 5) is 39.6. The predicted molar refractivity (Wildman–Crippen MR) is 195 cm³/mol. The summed E-state index contributed by atoms with van der Waals surface area (Å²) in [7, 11) is 0.108. The minimum absolute atomic E-state index is 0.00998. The molecule has 1 unspecified atom stereocenters. The Morgan fingerprint density at radius 1 is 1.02 bits per heavy atom. The third kappa shape index (κ3) is 7.66. The van der Waals surface area contributed by atoms with E-state index in [2.05, 4.69) is 11.1 Å². The molecule has 5 rings (SSSR count). The SMILES string of the molecule is COC1(OC)C=CC(C(OC[C@H]2O[C@@H](n3cc(C)c(=O)[nH]c3=O)C[C@@H]2O[P+](C)(O)N(C(C)C)C(C)C)(c2ccccc2)c2ccccc2)=CC1. The number of ether oxygens (including phenoxy) is 4. The normalized spacial score (nSPS) is 21.9. The van der Waals surface area contributed by atoms with Crippen molar-refractivity contribution in [2.24, 2.45) is 0 Å². The van der Waals surface area contributed by atoms with E-state index in [0.29, 0.717) is 12.0 Å². The second kappa shape index (κ2) is 15.6. The van der Waals surface area contributed by atoms with Crippen LogP contribution in [0.3, 0.4) is 0 Å². The van der Waals surface area contributed by atoms with Gasteiger partial charge in [-0.25, -0.2) is 9.69 Å². The van der Waals surface area contributed by atoms with Gasteiger partial charge in [-0.05, 0) is 57.4 Å². The van der Waals surface area contributed by atoms with E-state index in [1.807, 2.05) is 105 Å². The van der Waals surface area contributed by atoms with Crippen LogP contribution in [0.5, 0.6) is 0 Å². The average molecular weight is 709 g/mol. The van der Waals surface area contributed by atoms with Gasteiger partial charge in [0.1, 0.15) is 30.7 Å². The van der Waals surface area contributed by atoms with Crippen molar-refractivity contribution in [1.82, 2.24) is 14.2 Å². The highest BCUT2D eigenvalue weighted by atomic mass is 31.2. The fourth-order valence-electron chi connectivity index (χ4n) is 7.25. The van der Waals surface area contributed by atoms with Crippen LogP contribution in [0.2, 0.25) is 0 Å². The maximum atomic E-state index is 13.0. The van der Waals surface area contributed by atoms with Crippen molar-refractivity contribution in [1.29, 1.82) is 0 Å². The van der Waals surface area contributed by atoms with E-state index in [9.17, 15) is 14.5 Å². The van der Waals surface area contributed by atoms with E-state index in [4.69, 9.17) is 23.5 Å². The first-order valence-corrected chi connectivity index (χ1v) is 19.1. The first kappa shape index (κ1) is 38.0. The van der Waals surface area contributed by atoms with Crippen LogP contribution in [-0.2, 0) is 29.1 Å². The Morgan fingerprint density at radius 3 is 2.10 bits per heavy atom. The van der Waals surface area contributed by atoms with Gasteiger partial charge in [-0.1, -0.05) is 72.8 Å². The van der Waals surface area contributed by atoms with Gasteiger partial charge < -0.3 is 18.9 Å². The smallest absolute Gasteiger partial charge is 0.343 e. The van der Waals surface area contributed by atoms with Crippen molar-refractivity contribution in [2.45, 2.75) is 89.4 Å². The second-order valence-electron chi connectivity index (χ2n) is 13.5. The molecule has 0 radical (unpaired) electrons. The number of aromatic amines is 1. The molecule has 2 N–H and O–H groups in total. The number of benzene rings is 2. The summed E-state index contributed by atoms with van der Waals surface area (Å²) in [6.45, 7) is 11.5. The van der Waals surface area contributed by atoms with E-state index < -0.39 is 48.9 Å². The predicted octanol–water partition coefficient (Wildman–Crippen LogP) is 5.86. The van der Waals surface area contributed by atoms with Crippen LogP contribution in [0.1, 0.15) is 63.5 Å². The number of methoxy groups -OCH3 is 2. The number of nitrogens with one attached hydrogen (secondary N) is 1. The number of aromatic nitrogens is 2. The zero-order valence-electron chi connectivity index (χ0n) is 30.2. The topological polar surface area (TPSA) is 124 Å². The zero-order chi connectivity index (χ0) is 36.3. The lowest BCUT2D eigenvalue weighted by Gasteiger charge is -2.40. The van der Waals surface area contributed by atoms with Crippen LogP contribution < -0.4 is 11.2 Å². The summed E-state index contributed by atoms with van der Waals surface area (Å²) < 4.78 is 35.3. The van der Waals surface area contributed by atoms with Gasteiger partial charge in [-0.2, -0.15) is 4.52 Å². The minimum atomic E-state index is -3.13. The highest BCUT2D eigenvalue weighted by Crippen LogP contribution is 2.60. The molecule has 12 heteroatoms. The largest absolute Gasteiger partial charge is 0.358 e. The summed E-state index contributed by atoms with van der Waals surface area (Å²) in [5.41, 5.74) is 0.919. The fourth-order valence-corrected chi connectivity index (χ4v) is 9.81. The first-order chi connectivity index (χ1) is 23.8. The lowest BCUT2D eigenvalue weighted by atomic mass is 9.77.